The van der Waals surface area contributed by atoms with Crippen molar-refractivity contribution in [3.63, 3.8) is 0 Å². The molecule has 4 heterocycles. The van der Waals surface area contributed by atoms with Gasteiger partial charge in [-0.15, -0.1) is 4.52 Å². The molecular weight excluding hydrogens is 461 g/mol. The number of nitrogens with one attached hydrogen (secondary N) is 3. The van der Waals surface area contributed by atoms with Crippen molar-refractivity contribution >= 4 is 19.9 Å². The molecule has 1 aromatic carbocycles. The zero-order valence-corrected chi connectivity index (χ0v) is 19.2. The second kappa shape index (κ2) is 8.76. The number of thioether (sulfide) groups is 1. The van der Waals surface area contributed by atoms with Gasteiger partial charge in [0.15, 0.2) is 17.8 Å². The van der Waals surface area contributed by atoms with Gasteiger partial charge in [-0.25, -0.2) is 0 Å². The highest BCUT2D eigenvalue weighted by Gasteiger charge is 2.62. The van der Waals surface area contributed by atoms with Crippen LogP contribution in [0.25, 0.3) is 0 Å². The lowest BCUT2D eigenvalue weighted by Gasteiger charge is -2.36. The lowest BCUT2D eigenvalue weighted by atomic mass is 10.1. The Hall–Kier alpha value is -1.38. The second-order valence-corrected chi connectivity index (χ2v) is 10.2. The highest BCUT2D eigenvalue weighted by atomic mass is 32.2. The molecule has 12 nitrogen and oxygen atoms in total. The normalized spacial score (nSPS) is 35.7. The first-order valence-electron chi connectivity index (χ1n) is 10.1. The second-order valence-electron chi connectivity index (χ2n) is 7.62. The third-order valence-corrected chi connectivity index (χ3v) is 7.85. The molecule has 6 unspecified atom stereocenters. The lowest BCUT2D eigenvalue weighted by Crippen LogP contribution is -2.53. The topological polar surface area (TPSA) is 152 Å². The highest BCUT2D eigenvalue weighted by Crippen LogP contribution is 2.59. The number of benzene rings is 1. The summed E-state index contributed by atoms with van der Waals surface area (Å²) in [5.74, 6) is 1.57. The molecule has 6 atom stereocenters. The van der Waals surface area contributed by atoms with Crippen LogP contribution in [-0.2, 0) is 18.5 Å². The van der Waals surface area contributed by atoms with Crippen LogP contribution in [0.5, 0.6) is 5.75 Å². The highest BCUT2D eigenvalue weighted by molar-refractivity contribution is 7.99. The Kier molecular flexibility index (Phi) is 6.14. The molecule has 14 heteroatoms. The Bertz CT molecular complexity index is 878. The maximum absolute atomic E-state index is 9.92. The third kappa shape index (κ3) is 4.03. The summed E-state index contributed by atoms with van der Waals surface area (Å²) < 4.78 is 27.8. The largest absolute Gasteiger partial charge is 0.570 e. The Morgan fingerprint density at radius 2 is 2.03 bits per heavy atom. The summed E-state index contributed by atoms with van der Waals surface area (Å²) in [6.07, 6.45) is -2.76. The Balaban J connectivity index is 1.44. The molecule has 4 aliphatic rings. The van der Waals surface area contributed by atoms with Crippen LogP contribution in [0, 0.1) is 0 Å². The molecule has 7 N–H and O–H groups in total. The summed E-state index contributed by atoms with van der Waals surface area (Å²) in [4.78, 5) is 22.9. The molecule has 32 heavy (non-hydrogen) atoms. The molecule has 1 aromatic rings. The van der Waals surface area contributed by atoms with E-state index >= 15 is 0 Å². The van der Waals surface area contributed by atoms with E-state index in [0.29, 0.717) is 6.67 Å². The fourth-order valence-corrected chi connectivity index (χ4v) is 6.28. The van der Waals surface area contributed by atoms with E-state index in [1.165, 1.54) is 0 Å². The number of ether oxygens (including phenoxy) is 3. The van der Waals surface area contributed by atoms with Gasteiger partial charge in [0, 0.05) is 12.0 Å². The predicted molar refractivity (Wildman–Crippen MR) is 115 cm³/mol. The van der Waals surface area contributed by atoms with Crippen molar-refractivity contribution in [2.75, 3.05) is 27.5 Å². The number of nitrogens with zero attached hydrogens (tertiary/aromatic N) is 1. The third-order valence-electron chi connectivity index (χ3n) is 5.74. The van der Waals surface area contributed by atoms with Crippen LogP contribution in [0.2, 0.25) is 0 Å². The van der Waals surface area contributed by atoms with Gasteiger partial charge in [0.2, 0.25) is 0 Å². The van der Waals surface area contributed by atoms with Crippen molar-refractivity contribution in [3.8, 4) is 5.75 Å². The lowest BCUT2D eigenvalue weighted by molar-refractivity contribution is -0.0979. The van der Waals surface area contributed by atoms with E-state index in [1.807, 2.05) is 29.2 Å². The minimum absolute atomic E-state index is 0.000233. The van der Waals surface area contributed by atoms with Gasteiger partial charge in [-0.05, 0) is 24.3 Å². The van der Waals surface area contributed by atoms with Crippen LogP contribution in [-0.4, -0.2) is 78.4 Å². The molecule has 0 spiro atoms. The fourth-order valence-electron chi connectivity index (χ4n) is 4.23. The first-order valence-corrected chi connectivity index (χ1v) is 12.5. The molecule has 0 aromatic heterocycles. The van der Waals surface area contributed by atoms with Gasteiger partial charge in [-0.1, -0.05) is 11.8 Å². The number of fused-ring (bicyclic) bond motifs is 1. The van der Waals surface area contributed by atoms with Crippen LogP contribution in [0.15, 0.2) is 40.7 Å². The Morgan fingerprint density at radius 1 is 1.25 bits per heavy atom. The van der Waals surface area contributed by atoms with E-state index in [0.717, 1.165) is 22.2 Å². The van der Waals surface area contributed by atoms with Crippen LogP contribution in [0.1, 0.15) is 0 Å². The van der Waals surface area contributed by atoms with E-state index in [9.17, 15) is 9.79 Å². The molecule has 0 amide bonds. The predicted octanol–water partition coefficient (Wildman–Crippen LogP) is -0.602. The summed E-state index contributed by atoms with van der Waals surface area (Å²) in [5.41, 5.74) is 6.82. The van der Waals surface area contributed by atoms with Gasteiger partial charge in [0.05, 0.1) is 19.5 Å². The SMILES string of the molecule is COc1ccc(SC2NC3=C(NCNC3N)N2C2OC3CO[P+](O)(O)OC3C2OC)cc1. The summed E-state index contributed by atoms with van der Waals surface area (Å²) in [6, 6.07) is 7.75. The van der Waals surface area contributed by atoms with Crippen LogP contribution in [0.4, 0.5) is 0 Å². The smallest absolute Gasteiger partial charge is 0.497 e. The molecule has 2 fully saturated rings. The van der Waals surface area contributed by atoms with E-state index in [-0.39, 0.29) is 18.3 Å². The minimum Gasteiger partial charge on any atom is -0.497 e. The van der Waals surface area contributed by atoms with Crippen molar-refractivity contribution in [2.45, 2.75) is 41.1 Å². The summed E-state index contributed by atoms with van der Waals surface area (Å²) in [6.45, 7) is 0.483. The molecule has 0 bridgehead atoms. The Morgan fingerprint density at radius 3 is 2.75 bits per heavy atom. The van der Waals surface area contributed by atoms with Gasteiger partial charge in [-0.2, -0.15) is 14.3 Å². The van der Waals surface area contributed by atoms with Crippen LogP contribution < -0.4 is 26.4 Å². The number of rotatable bonds is 5. The number of nitrogens with two attached hydrogens (primary N) is 1. The first kappa shape index (κ1) is 22.4. The van der Waals surface area contributed by atoms with Crippen molar-refractivity contribution in [1.29, 1.82) is 0 Å². The van der Waals surface area contributed by atoms with Gasteiger partial charge in [-0.3, -0.25) is 10.2 Å². The number of methoxy groups -OCH3 is 2. The number of hydrogen-bond donors (Lipinski definition) is 6. The van der Waals surface area contributed by atoms with Gasteiger partial charge in [0.25, 0.3) is 0 Å². The quantitative estimate of drug-likeness (QED) is 0.293. The summed E-state index contributed by atoms with van der Waals surface area (Å²) in [7, 11) is -0.727. The first-order chi connectivity index (χ1) is 15.4. The summed E-state index contributed by atoms with van der Waals surface area (Å²) in [5, 5.41) is 9.98. The molecule has 0 aliphatic carbocycles. The maximum Gasteiger partial charge on any atom is 0.570 e. The zero-order valence-electron chi connectivity index (χ0n) is 17.5. The van der Waals surface area contributed by atoms with E-state index < -0.39 is 32.7 Å². The average Bonchev–Trinajstić information content (AvgIpc) is 3.31. The van der Waals surface area contributed by atoms with Gasteiger partial charge < -0.3 is 30.6 Å². The van der Waals surface area contributed by atoms with Crippen molar-refractivity contribution in [3.05, 3.63) is 35.8 Å². The Labute approximate surface area is 190 Å². The molecule has 176 valence electrons. The molecular formula is C18H27N5O7PS+. The number of hydrogen-bond acceptors (Lipinski definition) is 13. The van der Waals surface area contributed by atoms with E-state index in [4.69, 9.17) is 29.0 Å². The van der Waals surface area contributed by atoms with Crippen molar-refractivity contribution in [1.82, 2.24) is 20.9 Å². The molecule has 0 saturated carbocycles. The summed E-state index contributed by atoms with van der Waals surface area (Å²) >= 11 is 1.57. The average molecular weight is 488 g/mol. The van der Waals surface area contributed by atoms with Gasteiger partial charge in [0.1, 0.15) is 36.6 Å². The van der Waals surface area contributed by atoms with Crippen LogP contribution in [0.3, 0.4) is 0 Å². The van der Waals surface area contributed by atoms with E-state index in [2.05, 4.69) is 16.0 Å². The molecule has 2 saturated heterocycles. The minimum atomic E-state index is -3.90. The van der Waals surface area contributed by atoms with Gasteiger partial charge >= 0.3 is 8.17 Å². The molecule has 4 aliphatic heterocycles. The standard InChI is InChI=1S/C18H27N5O7PS/c1-26-9-3-5-10(6-4-9)32-18-22-12-15(19)20-8-21-16(12)23(18)17-14(27-2)13-11(29-17)7-28-31(24,25)30-13/h3-6,11,13-15,17-18,20-22,24-25H,7-8,19H2,1-2H3/q+1. The van der Waals surface area contributed by atoms with E-state index in [1.54, 1.807) is 26.0 Å². The fraction of sp³-hybridized carbons (Fsp3) is 0.556. The van der Waals surface area contributed by atoms with Crippen LogP contribution >= 0.6 is 19.9 Å². The van der Waals surface area contributed by atoms with Crippen molar-refractivity contribution < 1.29 is 33.0 Å². The van der Waals surface area contributed by atoms with Crippen molar-refractivity contribution in [2.24, 2.45) is 5.73 Å². The molecule has 0 radical (unpaired) electrons. The zero-order chi connectivity index (χ0) is 22.5. The molecule has 5 rings (SSSR count). The maximum atomic E-state index is 9.92. The monoisotopic (exact) mass is 488 g/mol.